The van der Waals surface area contributed by atoms with Gasteiger partial charge in [-0.15, -0.1) is 0 Å². The molecule has 3 heterocycles. The number of ether oxygens (including phenoxy) is 7. The predicted molar refractivity (Wildman–Crippen MR) is 210 cm³/mol. The molecule has 3 aromatic carbocycles. The van der Waals surface area contributed by atoms with Crippen LogP contribution in [-0.2, 0) is 40.2 Å². The number of hydrogen-bond donors (Lipinski definition) is 2. The normalized spacial score (nSPS) is 22.5. The number of aromatic nitrogens is 1. The Morgan fingerprint density at radius 2 is 1.58 bits per heavy atom. The van der Waals surface area contributed by atoms with E-state index < -0.39 is 34.1 Å². The number of H-pyrrole nitrogens is 1. The monoisotopic (exact) mass is 809 g/mol. The molecule has 1 aliphatic carbocycles. The molecular formula is C41H51N3O12S. The van der Waals surface area contributed by atoms with Gasteiger partial charge in [-0.05, 0) is 79.5 Å². The van der Waals surface area contributed by atoms with Gasteiger partial charge in [-0.25, -0.2) is 18.4 Å². The number of sulfonamides is 1. The third kappa shape index (κ3) is 8.73. The molecule has 0 amide bonds. The molecule has 7 rings (SSSR count). The number of nitrogens with zero attached hydrogens (tertiary/aromatic N) is 1. The number of piperidine rings is 1. The van der Waals surface area contributed by atoms with E-state index in [2.05, 4.69) is 16.0 Å². The molecule has 0 unspecified atom stereocenters. The number of esters is 2. The van der Waals surface area contributed by atoms with Crippen LogP contribution < -0.4 is 24.1 Å². The summed E-state index contributed by atoms with van der Waals surface area (Å²) in [5, 5.41) is 6.14. The summed E-state index contributed by atoms with van der Waals surface area (Å²) < 4.78 is 60.8. The van der Waals surface area contributed by atoms with E-state index in [9.17, 15) is 18.0 Å². The summed E-state index contributed by atoms with van der Waals surface area (Å²) >= 11 is 0. The first-order valence-corrected chi connectivity index (χ1v) is 19.8. The van der Waals surface area contributed by atoms with Crippen LogP contribution in [-0.4, -0.2) is 105 Å². The highest BCUT2D eigenvalue weighted by Crippen LogP contribution is 2.51. The number of fused-ring (bicyclic) bond motifs is 6. The van der Waals surface area contributed by atoms with Crippen LogP contribution in [0.25, 0.3) is 10.9 Å². The molecule has 4 aromatic rings. The average molecular weight is 810 g/mol. The molecule has 57 heavy (non-hydrogen) atoms. The highest BCUT2D eigenvalue weighted by Gasteiger charge is 2.54. The molecule has 0 radical (unpaired) electrons. The minimum Gasteiger partial charge on any atom is -0.497 e. The van der Waals surface area contributed by atoms with Crippen molar-refractivity contribution >= 4 is 39.7 Å². The van der Waals surface area contributed by atoms with Gasteiger partial charge < -0.3 is 42.9 Å². The van der Waals surface area contributed by atoms with Crippen molar-refractivity contribution in [3.8, 4) is 23.0 Å². The molecule has 16 heteroatoms. The standard InChI is InChI=1S/C33H40N2O9.C7H9NO2S.CH2O/c1-38-19-7-8-20-21-9-10-35-16-18-13-27(44-32(36)17-11-25(39-2)30(41-4)26(12-17)40-3)31(42-5)28(33(37)43-6)22(18)15-24(35)29(21)34-23(20)14-19;1-6-4-2-3-5-7(6)11(8,9)10;1-2/h7-8,11-12,14,18,22,24,27-28,31,34H,9-10,13,15-16H2,1-6H3;2-5H,1H3,(H2,8,9,10);1H2/t18-,22+,24-,27-,28+,31+;;/m1../s1. The Hall–Kier alpha value is -5.16. The van der Waals surface area contributed by atoms with E-state index >= 15 is 0 Å². The van der Waals surface area contributed by atoms with Crippen LogP contribution in [0, 0.1) is 24.7 Å². The van der Waals surface area contributed by atoms with Crippen molar-refractivity contribution in [3.63, 3.8) is 0 Å². The topological polar surface area (TPSA) is 195 Å². The molecule has 1 aromatic heterocycles. The fourth-order valence-corrected chi connectivity index (χ4v) is 9.42. The van der Waals surface area contributed by atoms with Crippen molar-refractivity contribution in [2.24, 2.45) is 22.9 Å². The number of nitrogens with two attached hydrogens (primary N) is 1. The zero-order chi connectivity index (χ0) is 41.6. The first-order chi connectivity index (χ1) is 27.4. The predicted octanol–water partition coefficient (Wildman–Crippen LogP) is 4.63. The van der Waals surface area contributed by atoms with Gasteiger partial charge in [0.05, 0.1) is 58.0 Å². The second kappa shape index (κ2) is 18.4. The summed E-state index contributed by atoms with van der Waals surface area (Å²) in [5.41, 5.74) is 4.50. The second-order valence-corrected chi connectivity index (χ2v) is 15.5. The van der Waals surface area contributed by atoms with E-state index in [4.69, 9.17) is 43.1 Å². The zero-order valence-corrected chi connectivity index (χ0v) is 34.1. The molecule has 308 valence electrons. The number of benzene rings is 3. The highest BCUT2D eigenvalue weighted by atomic mass is 32.2. The van der Waals surface area contributed by atoms with E-state index in [0.29, 0.717) is 29.2 Å². The van der Waals surface area contributed by atoms with Crippen LogP contribution in [0.5, 0.6) is 23.0 Å². The number of carbonyl (C=O) groups excluding carboxylic acids is 3. The average Bonchev–Trinajstić information content (AvgIpc) is 3.60. The maximum atomic E-state index is 13.5. The molecule has 3 N–H and O–H groups in total. The summed E-state index contributed by atoms with van der Waals surface area (Å²) in [7, 11) is 5.57. The van der Waals surface area contributed by atoms with E-state index in [1.165, 1.54) is 51.1 Å². The van der Waals surface area contributed by atoms with Gasteiger partial charge in [0.25, 0.3) is 0 Å². The first kappa shape index (κ1) is 43.0. The highest BCUT2D eigenvalue weighted by molar-refractivity contribution is 7.89. The number of methoxy groups -OCH3 is 6. The van der Waals surface area contributed by atoms with Gasteiger partial charge in [-0.3, -0.25) is 9.69 Å². The van der Waals surface area contributed by atoms with Gasteiger partial charge in [0.2, 0.25) is 15.8 Å². The minimum atomic E-state index is -3.53. The van der Waals surface area contributed by atoms with Crippen LogP contribution >= 0.6 is 0 Å². The number of aryl methyl sites for hydroxylation is 1. The molecule has 1 saturated heterocycles. The second-order valence-electron chi connectivity index (χ2n) is 14.0. The van der Waals surface area contributed by atoms with Crippen molar-refractivity contribution < 1.29 is 56.0 Å². The van der Waals surface area contributed by atoms with Gasteiger partial charge in [0, 0.05) is 42.9 Å². The third-order valence-corrected chi connectivity index (χ3v) is 12.2. The van der Waals surface area contributed by atoms with Gasteiger partial charge in [-0.2, -0.15) is 0 Å². The minimum absolute atomic E-state index is 0.0170. The van der Waals surface area contributed by atoms with Crippen LogP contribution in [0.15, 0.2) is 59.5 Å². The number of carbonyl (C=O) groups is 3. The van der Waals surface area contributed by atoms with Crippen molar-refractivity contribution in [1.82, 2.24) is 9.88 Å². The Balaban J connectivity index is 0.000000409. The number of aromatic amines is 1. The summed E-state index contributed by atoms with van der Waals surface area (Å²) in [4.78, 5) is 41.3. The van der Waals surface area contributed by atoms with Gasteiger partial charge in [0.15, 0.2) is 11.5 Å². The fraction of sp³-hybridized carbons (Fsp3) is 0.439. The van der Waals surface area contributed by atoms with Gasteiger partial charge >= 0.3 is 11.9 Å². The molecule has 3 aliphatic rings. The lowest BCUT2D eigenvalue weighted by atomic mass is 9.63. The number of rotatable bonds is 9. The van der Waals surface area contributed by atoms with Crippen LogP contribution in [0.4, 0.5) is 0 Å². The quantitative estimate of drug-likeness (QED) is 0.223. The number of nitrogens with one attached hydrogen (secondary N) is 1. The summed E-state index contributed by atoms with van der Waals surface area (Å²) in [5.74, 6) is 0.441. The Morgan fingerprint density at radius 1 is 0.895 bits per heavy atom. The van der Waals surface area contributed by atoms with Crippen LogP contribution in [0.1, 0.15) is 46.1 Å². The molecule has 0 spiro atoms. The molecule has 2 fully saturated rings. The van der Waals surface area contributed by atoms with Crippen molar-refractivity contribution in [1.29, 1.82) is 0 Å². The maximum absolute atomic E-state index is 13.5. The SMILES string of the molecule is C=O.COC(=O)[C@H]1[C@H]2C[C@@H]3c4[nH]c5cc(OC)ccc5c4CCN3C[C@H]2C[C@@H](OC(=O)c2cc(OC)c(OC)c(OC)c2)[C@@H]1OC.Cc1ccccc1S(N)(=O)=O. The molecule has 0 bridgehead atoms. The Bertz CT molecular complexity index is 2150. The number of hydrogen-bond acceptors (Lipinski definition) is 13. The molecule has 2 aliphatic heterocycles. The number of primary sulfonamides is 1. The Labute approximate surface area is 332 Å². The smallest absolute Gasteiger partial charge is 0.338 e. The van der Waals surface area contributed by atoms with Crippen LogP contribution in [0.2, 0.25) is 0 Å². The Morgan fingerprint density at radius 3 is 2.14 bits per heavy atom. The summed E-state index contributed by atoms with van der Waals surface area (Å²) in [6.45, 7) is 5.39. The van der Waals surface area contributed by atoms with Crippen molar-refractivity contribution in [3.05, 3.63) is 77.0 Å². The summed E-state index contributed by atoms with van der Waals surface area (Å²) in [6.07, 6.45) is 0.920. The summed E-state index contributed by atoms with van der Waals surface area (Å²) in [6, 6.07) is 16.0. The van der Waals surface area contributed by atoms with Gasteiger partial charge in [0.1, 0.15) is 24.7 Å². The zero-order valence-electron chi connectivity index (χ0n) is 33.2. The van der Waals surface area contributed by atoms with Crippen molar-refractivity contribution in [2.75, 3.05) is 55.7 Å². The Kier molecular flexibility index (Phi) is 13.9. The van der Waals surface area contributed by atoms with Gasteiger partial charge in [-0.1, -0.05) is 18.2 Å². The lowest BCUT2D eigenvalue weighted by Crippen LogP contribution is -2.58. The fourth-order valence-electron chi connectivity index (χ4n) is 8.64. The van der Waals surface area contributed by atoms with Crippen molar-refractivity contribution in [2.45, 2.75) is 49.3 Å². The van der Waals surface area contributed by atoms with E-state index in [0.717, 1.165) is 37.2 Å². The molecular weight excluding hydrogens is 759 g/mol. The lowest BCUT2D eigenvalue weighted by molar-refractivity contribution is -0.176. The van der Waals surface area contributed by atoms with E-state index in [-0.39, 0.29) is 34.3 Å². The maximum Gasteiger partial charge on any atom is 0.338 e. The molecule has 6 atom stereocenters. The third-order valence-electron chi connectivity index (χ3n) is 11.2. The largest absolute Gasteiger partial charge is 0.497 e. The van der Waals surface area contributed by atoms with Crippen LogP contribution in [0.3, 0.4) is 0 Å². The first-order valence-electron chi connectivity index (χ1n) is 18.3. The van der Waals surface area contributed by atoms with E-state index in [1.807, 2.05) is 18.9 Å². The van der Waals surface area contributed by atoms with E-state index in [1.54, 1.807) is 51.5 Å². The lowest BCUT2D eigenvalue weighted by Gasteiger charge is -2.52. The molecule has 15 nitrogen and oxygen atoms in total. The molecule has 1 saturated carbocycles.